The summed E-state index contributed by atoms with van der Waals surface area (Å²) in [7, 11) is 0. The van der Waals surface area contributed by atoms with Crippen LogP contribution >= 0.6 is 28.3 Å². The Kier molecular flexibility index (Phi) is 8.85. The second kappa shape index (κ2) is 9.21. The van der Waals surface area contributed by atoms with Crippen molar-refractivity contribution >= 4 is 34.2 Å². The third-order valence-electron chi connectivity index (χ3n) is 2.44. The zero-order valence-corrected chi connectivity index (χ0v) is 14.4. The van der Waals surface area contributed by atoms with Crippen LogP contribution in [0.4, 0.5) is 0 Å². The standard InChI is InChI=1S/C14H21BrN2O2.ClH/c1-9(2)19-13-8-11(15)4-5-12(13)14(18)17-7-6-10(3)16;/h4-5,8-10H,6-7,16H2,1-3H3,(H,17,18);1H. The number of nitrogens with two attached hydrogens (primary N) is 1. The van der Waals surface area contributed by atoms with Crippen LogP contribution in [0.3, 0.4) is 0 Å². The molecule has 0 radical (unpaired) electrons. The highest BCUT2D eigenvalue weighted by Crippen LogP contribution is 2.24. The van der Waals surface area contributed by atoms with Crippen LogP contribution in [0.2, 0.25) is 0 Å². The number of hydrogen-bond donors (Lipinski definition) is 2. The van der Waals surface area contributed by atoms with Crippen LogP contribution in [0.5, 0.6) is 5.75 Å². The predicted molar refractivity (Wildman–Crippen MR) is 87.8 cm³/mol. The van der Waals surface area contributed by atoms with E-state index < -0.39 is 0 Å². The van der Waals surface area contributed by atoms with E-state index in [0.717, 1.165) is 10.9 Å². The highest BCUT2D eigenvalue weighted by atomic mass is 79.9. The Morgan fingerprint density at radius 3 is 2.60 bits per heavy atom. The van der Waals surface area contributed by atoms with Gasteiger partial charge in [-0.15, -0.1) is 12.4 Å². The van der Waals surface area contributed by atoms with Gasteiger partial charge in [0.05, 0.1) is 11.7 Å². The van der Waals surface area contributed by atoms with E-state index in [0.29, 0.717) is 17.9 Å². The molecular formula is C14H22BrClN2O2. The fourth-order valence-electron chi connectivity index (χ4n) is 1.54. The van der Waals surface area contributed by atoms with E-state index >= 15 is 0 Å². The van der Waals surface area contributed by atoms with Crippen molar-refractivity contribution in [2.45, 2.75) is 39.3 Å². The molecule has 6 heteroatoms. The summed E-state index contributed by atoms with van der Waals surface area (Å²) in [5.74, 6) is 0.450. The minimum absolute atomic E-state index is 0. The third kappa shape index (κ3) is 6.59. The number of carbonyl (C=O) groups excluding carboxylic acids is 1. The Morgan fingerprint density at radius 1 is 1.40 bits per heavy atom. The number of carbonyl (C=O) groups is 1. The first-order valence-corrected chi connectivity index (χ1v) is 7.19. The monoisotopic (exact) mass is 364 g/mol. The summed E-state index contributed by atoms with van der Waals surface area (Å²) in [5.41, 5.74) is 6.19. The first kappa shape index (κ1) is 19.2. The zero-order chi connectivity index (χ0) is 14.4. The first-order valence-electron chi connectivity index (χ1n) is 6.40. The van der Waals surface area contributed by atoms with Gasteiger partial charge < -0.3 is 15.8 Å². The SMILES string of the molecule is CC(N)CCNC(=O)c1ccc(Br)cc1OC(C)C.Cl. The molecule has 0 saturated heterocycles. The first-order chi connectivity index (χ1) is 8.90. The molecule has 1 aromatic carbocycles. The van der Waals surface area contributed by atoms with Gasteiger partial charge in [0.25, 0.3) is 5.91 Å². The van der Waals surface area contributed by atoms with Gasteiger partial charge in [0, 0.05) is 17.1 Å². The average molecular weight is 366 g/mol. The number of ether oxygens (including phenoxy) is 1. The minimum Gasteiger partial charge on any atom is -0.490 e. The largest absolute Gasteiger partial charge is 0.490 e. The summed E-state index contributed by atoms with van der Waals surface area (Å²) >= 11 is 3.38. The van der Waals surface area contributed by atoms with Gasteiger partial charge in [0.1, 0.15) is 5.75 Å². The number of nitrogens with one attached hydrogen (secondary N) is 1. The highest BCUT2D eigenvalue weighted by Gasteiger charge is 2.13. The van der Waals surface area contributed by atoms with Crippen LogP contribution in [0.25, 0.3) is 0 Å². The lowest BCUT2D eigenvalue weighted by atomic mass is 10.1. The van der Waals surface area contributed by atoms with Crippen LogP contribution in [0.15, 0.2) is 22.7 Å². The van der Waals surface area contributed by atoms with Gasteiger partial charge in [-0.3, -0.25) is 4.79 Å². The maximum atomic E-state index is 12.1. The summed E-state index contributed by atoms with van der Waals surface area (Å²) in [4.78, 5) is 12.1. The van der Waals surface area contributed by atoms with E-state index in [1.54, 1.807) is 12.1 Å². The van der Waals surface area contributed by atoms with E-state index in [4.69, 9.17) is 10.5 Å². The molecule has 1 rings (SSSR count). The lowest BCUT2D eigenvalue weighted by molar-refractivity contribution is 0.0947. The molecule has 1 atom stereocenters. The molecule has 0 aliphatic rings. The van der Waals surface area contributed by atoms with Gasteiger partial charge >= 0.3 is 0 Å². The molecule has 3 N–H and O–H groups in total. The van der Waals surface area contributed by atoms with E-state index in [2.05, 4.69) is 21.2 Å². The summed E-state index contributed by atoms with van der Waals surface area (Å²) in [6, 6.07) is 5.47. The van der Waals surface area contributed by atoms with Crippen molar-refractivity contribution < 1.29 is 9.53 Å². The van der Waals surface area contributed by atoms with Crippen molar-refractivity contribution in [3.63, 3.8) is 0 Å². The maximum absolute atomic E-state index is 12.1. The Morgan fingerprint density at radius 2 is 2.05 bits per heavy atom. The lowest BCUT2D eigenvalue weighted by Crippen LogP contribution is -2.29. The van der Waals surface area contributed by atoms with Gasteiger partial charge in [0.15, 0.2) is 0 Å². The summed E-state index contributed by atoms with van der Waals surface area (Å²) in [6.45, 7) is 6.34. The van der Waals surface area contributed by atoms with Crippen LogP contribution in [0, 0.1) is 0 Å². The fourth-order valence-corrected chi connectivity index (χ4v) is 1.88. The molecule has 0 bridgehead atoms. The number of benzene rings is 1. The molecule has 4 nitrogen and oxygen atoms in total. The second-order valence-electron chi connectivity index (χ2n) is 4.83. The van der Waals surface area contributed by atoms with Crippen LogP contribution in [-0.4, -0.2) is 24.6 Å². The summed E-state index contributed by atoms with van der Waals surface area (Å²) in [5, 5.41) is 2.85. The third-order valence-corrected chi connectivity index (χ3v) is 2.93. The van der Waals surface area contributed by atoms with Crippen molar-refractivity contribution in [3.05, 3.63) is 28.2 Å². The smallest absolute Gasteiger partial charge is 0.255 e. The summed E-state index contributed by atoms with van der Waals surface area (Å²) in [6.07, 6.45) is 0.771. The van der Waals surface area contributed by atoms with Crippen LogP contribution in [0.1, 0.15) is 37.6 Å². The quantitative estimate of drug-likeness (QED) is 0.814. The Labute approximate surface area is 135 Å². The van der Waals surface area contributed by atoms with E-state index in [-0.39, 0.29) is 30.5 Å². The van der Waals surface area contributed by atoms with E-state index in [1.807, 2.05) is 26.8 Å². The highest BCUT2D eigenvalue weighted by molar-refractivity contribution is 9.10. The Hall–Kier alpha value is -0.780. The fraction of sp³-hybridized carbons (Fsp3) is 0.500. The van der Waals surface area contributed by atoms with Crippen molar-refractivity contribution in [2.24, 2.45) is 5.73 Å². The van der Waals surface area contributed by atoms with Crippen molar-refractivity contribution in [1.82, 2.24) is 5.32 Å². The molecule has 0 heterocycles. The van der Waals surface area contributed by atoms with E-state index in [9.17, 15) is 4.79 Å². The van der Waals surface area contributed by atoms with Gasteiger partial charge in [0.2, 0.25) is 0 Å². The van der Waals surface area contributed by atoms with Crippen LogP contribution in [-0.2, 0) is 0 Å². The molecule has 114 valence electrons. The van der Waals surface area contributed by atoms with Crippen molar-refractivity contribution in [2.75, 3.05) is 6.54 Å². The molecule has 1 amide bonds. The Bertz CT molecular complexity index is 439. The second-order valence-corrected chi connectivity index (χ2v) is 5.74. The lowest BCUT2D eigenvalue weighted by Gasteiger charge is -2.15. The average Bonchev–Trinajstić information content (AvgIpc) is 2.27. The topological polar surface area (TPSA) is 64.3 Å². The van der Waals surface area contributed by atoms with E-state index in [1.165, 1.54) is 0 Å². The molecule has 0 aliphatic heterocycles. The van der Waals surface area contributed by atoms with Crippen LogP contribution < -0.4 is 15.8 Å². The molecule has 0 spiro atoms. The normalized spacial score (nSPS) is 11.7. The summed E-state index contributed by atoms with van der Waals surface area (Å²) < 4.78 is 6.54. The molecule has 0 fully saturated rings. The Balaban J connectivity index is 0.00000361. The van der Waals surface area contributed by atoms with Gasteiger partial charge in [-0.1, -0.05) is 15.9 Å². The predicted octanol–water partition coefficient (Wildman–Crippen LogP) is 3.13. The van der Waals surface area contributed by atoms with Crippen molar-refractivity contribution in [1.29, 1.82) is 0 Å². The molecule has 20 heavy (non-hydrogen) atoms. The number of rotatable bonds is 6. The maximum Gasteiger partial charge on any atom is 0.255 e. The molecule has 1 unspecified atom stereocenters. The minimum atomic E-state index is -0.135. The zero-order valence-electron chi connectivity index (χ0n) is 12.0. The number of hydrogen-bond acceptors (Lipinski definition) is 3. The molecule has 0 aromatic heterocycles. The van der Waals surface area contributed by atoms with Gasteiger partial charge in [-0.2, -0.15) is 0 Å². The molecule has 0 saturated carbocycles. The molecular weight excluding hydrogens is 344 g/mol. The van der Waals surface area contributed by atoms with Gasteiger partial charge in [-0.25, -0.2) is 0 Å². The number of amides is 1. The molecule has 0 aliphatic carbocycles. The van der Waals surface area contributed by atoms with Crippen molar-refractivity contribution in [3.8, 4) is 5.75 Å². The molecule has 1 aromatic rings. The number of halogens is 2. The van der Waals surface area contributed by atoms with Gasteiger partial charge in [-0.05, 0) is 45.4 Å².